The zero-order chi connectivity index (χ0) is 13.0. The van der Waals surface area contributed by atoms with Crippen molar-refractivity contribution in [1.82, 2.24) is 4.90 Å². The molecule has 1 heterocycles. The van der Waals surface area contributed by atoms with Gasteiger partial charge in [-0.1, -0.05) is 34.1 Å². The maximum Gasteiger partial charge on any atom is 0.236 e. The van der Waals surface area contributed by atoms with Gasteiger partial charge in [0.1, 0.15) is 6.42 Å². The quantitative estimate of drug-likeness (QED) is 0.843. The van der Waals surface area contributed by atoms with Crippen LogP contribution in [0.4, 0.5) is 0 Å². The SMILES string of the molecule is N#CCC(=O)N1CCC(c2ccccc2Br)CC1. The zero-order valence-corrected chi connectivity index (χ0v) is 11.7. The number of likely N-dealkylation sites (tertiary alicyclic amines) is 1. The van der Waals surface area contributed by atoms with Crippen LogP contribution in [0, 0.1) is 11.3 Å². The fourth-order valence-corrected chi connectivity index (χ4v) is 3.03. The summed E-state index contributed by atoms with van der Waals surface area (Å²) in [6.07, 6.45) is 1.94. The van der Waals surface area contributed by atoms with Crippen LogP contribution in [0.2, 0.25) is 0 Å². The van der Waals surface area contributed by atoms with E-state index in [9.17, 15) is 4.79 Å². The molecule has 0 unspecified atom stereocenters. The van der Waals surface area contributed by atoms with Crippen molar-refractivity contribution in [2.24, 2.45) is 0 Å². The predicted octanol–water partition coefficient (Wildman–Crippen LogP) is 3.07. The molecule has 0 spiro atoms. The lowest BCUT2D eigenvalue weighted by molar-refractivity contribution is -0.131. The number of hydrogen-bond donors (Lipinski definition) is 0. The number of nitrogens with zero attached hydrogens (tertiary/aromatic N) is 2. The van der Waals surface area contributed by atoms with Gasteiger partial charge in [0.25, 0.3) is 0 Å². The molecule has 1 amide bonds. The van der Waals surface area contributed by atoms with Gasteiger partial charge in [-0.3, -0.25) is 4.79 Å². The molecule has 0 atom stereocenters. The van der Waals surface area contributed by atoms with Crippen molar-refractivity contribution in [3.8, 4) is 6.07 Å². The number of hydrogen-bond acceptors (Lipinski definition) is 2. The van der Waals surface area contributed by atoms with Crippen LogP contribution in [0.5, 0.6) is 0 Å². The molecule has 18 heavy (non-hydrogen) atoms. The predicted molar refractivity (Wildman–Crippen MR) is 72.9 cm³/mol. The van der Waals surface area contributed by atoms with Crippen LogP contribution in [0.25, 0.3) is 0 Å². The van der Waals surface area contributed by atoms with Crippen LogP contribution in [0.1, 0.15) is 30.7 Å². The van der Waals surface area contributed by atoms with E-state index in [0.717, 1.165) is 30.4 Å². The van der Waals surface area contributed by atoms with Crippen LogP contribution < -0.4 is 0 Å². The van der Waals surface area contributed by atoms with Crippen LogP contribution in [0.3, 0.4) is 0 Å². The number of amides is 1. The summed E-state index contributed by atoms with van der Waals surface area (Å²) in [5.74, 6) is 0.467. The zero-order valence-electron chi connectivity index (χ0n) is 10.1. The number of carbonyl (C=O) groups is 1. The van der Waals surface area contributed by atoms with E-state index in [2.05, 4.69) is 28.1 Å². The van der Waals surface area contributed by atoms with Crippen molar-refractivity contribution in [3.05, 3.63) is 34.3 Å². The van der Waals surface area contributed by atoms with Crippen LogP contribution in [-0.4, -0.2) is 23.9 Å². The molecule has 0 bridgehead atoms. The third kappa shape index (κ3) is 2.91. The summed E-state index contributed by atoms with van der Waals surface area (Å²) in [6.45, 7) is 1.51. The Morgan fingerprint density at radius 1 is 1.39 bits per heavy atom. The lowest BCUT2D eigenvalue weighted by Gasteiger charge is -2.32. The lowest BCUT2D eigenvalue weighted by atomic mass is 9.89. The van der Waals surface area contributed by atoms with Crippen molar-refractivity contribution in [1.29, 1.82) is 5.26 Å². The van der Waals surface area contributed by atoms with Gasteiger partial charge in [0.15, 0.2) is 0 Å². The molecule has 0 N–H and O–H groups in total. The summed E-state index contributed by atoms with van der Waals surface area (Å²) in [6, 6.07) is 10.2. The van der Waals surface area contributed by atoms with E-state index >= 15 is 0 Å². The molecule has 0 saturated carbocycles. The Bertz CT molecular complexity index is 473. The van der Waals surface area contributed by atoms with Crippen LogP contribution in [0.15, 0.2) is 28.7 Å². The number of nitriles is 1. The van der Waals surface area contributed by atoms with Gasteiger partial charge in [0.2, 0.25) is 5.91 Å². The molecular weight excluding hydrogens is 292 g/mol. The Hall–Kier alpha value is -1.34. The van der Waals surface area contributed by atoms with Gasteiger partial charge in [-0.25, -0.2) is 0 Å². The largest absolute Gasteiger partial charge is 0.342 e. The Labute approximate surface area is 116 Å². The monoisotopic (exact) mass is 306 g/mol. The van der Waals surface area contributed by atoms with Gasteiger partial charge < -0.3 is 4.90 Å². The summed E-state index contributed by atoms with van der Waals surface area (Å²) in [5, 5.41) is 8.53. The van der Waals surface area contributed by atoms with Crippen molar-refractivity contribution in [2.45, 2.75) is 25.2 Å². The summed E-state index contributed by atoms with van der Waals surface area (Å²) < 4.78 is 1.15. The van der Waals surface area contributed by atoms with E-state index in [-0.39, 0.29) is 12.3 Å². The Morgan fingerprint density at radius 3 is 2.67 bits per heavy atom. The molecule has 1 aliphatic rings. The first-order valence-corrected chi connectivity index (χ1v) is 6.91. The number of carbonyl (C=O) groups excluding carboxylic acids is 1. The van der Waals surface area contributed by atoms with Gasteiger partial charge >= 0.3 is 0 Å². The fourth-order valence-electron chi connectivity index (χ4n) is 2.43. The highest BCUT2D eigenvalue weighted by molar-refractivity contribution is 9.10. The molecule has 1 saturated heterocycles. The van der Waals surface area contributed by atoms with E-state index in [1.54, 1.807) is 4.90 Å². The minimum absolute atomic E-state index is 0.000300. The molecule has 0 aromatic heterocycles. The topological polar surface area (TPSA) is 44.1 Å². The Morgan fingerprint density at radius 2 is 2.06 bits per heavy atom. The van der Waals surface area contributed by atoms with E-state index in [1.165, 1.54) is 5.56 Å². The number of halogens is 1. The molecule has 4 heteroatoms. The maximum atomic E-state index is 11.6. The summed E-state index contributed by atoms with van der Waals surface area (Å²) in [5.41, 5.74) is 1.32. The molecule has 94 valence electrons. The molecule has 2 rings (SSSR count). The normalized spacial score (nSPS) is 16.3. The first kappa shape index (κ1) is 13.1. The third-order valence-corrected chi connectivity index (χ3v) is 4.15. The number of benzene rings is 1. The molecule has 0 radical (unpaired) electrons. The van der Waals surface area contributed by atoms with Crippen molar-refractivity contribution in [2.75, 3.05) is 13.1 Å². The Balaban J connectivity index is 1.97. The molecule has 3 nitrogen and oxygen atoms in total. The summed E-state index contributed by atoms with van der Waals surface area (Å²) >= 11 is 3.58. The fraction of sp³-hybridized carbons (Fsp3) is 0.429. The minimum atomic E-state index is -0.0388. The van der Waals surface area contributed by atoms with E-state index in [1.807, 2.05) is 18.2 Å². The van der Waals surface area contributed by atoms with E-state index < -0.39 is 0 Å². The highest BCUT2D eigenvalue weighted by Gasteiger charge is 2.24. The van der Waals surface area contributed by atoms with Crippen LogP contribution >= 0.6 is 15.9 Å². The maximum absolute atomic E-state index is 11.6. The van der Waals surface area contributed by atoms with Gasteiger partial charge in [0, 0.05) is 17.6 Å². The molecule has 0 aliphatic carbocycles. The Kier molecular flexibility index (Phi) is 4.38. The molecule has 1 aliphatic heterocycles. The van der Waals surface area contributed by atoms with Gasteiger partial charge in [-0.05, 0) is 30.4 Å². The summed E-state index contributed by atoms with van der Waals surface area (Å²) in [4.78, 5) is 13.4. The number of rotatable bonds is 2. The third-order valence-electron chi connectivity index (χ3n) is 3.42. The summed E-state index contributed by atoms with van der Waals surface area (Å²) in [7, 11) is 0. The lowest BCUT2D eigenvalue weighted by Crippen LogP contribution is -2.37. The van der Waals surface area contributed by atoms with Crippen LogP contribution in [-0.2, 0) is 4.79 Å². The standard InChI is InChI=1S/C14H15BrN2O/c15-13-4-2-1-3-12(13)11-6-9-17(10-7-11)14(18)5-8-16/h1-4,11H,5-7,9-10H2. The average molecular weight is 307 g/mol. The first-order valence-electron chi connectivity index (χ1n) is 6.11. The van der Waals surface area contributed by atoms with E-state index in [0.29, 0.717) is 5.92 Å². The molecule has 1 aromatic carbocycles. The van der Waals surface area contributed by atoms with Gasteiger partial charge in [0.05, 0.1) is 6.07 Å². The minimum Gasteiger partial charge on any atom is -0.342 e. The molecular formula is C14H15BrN2O. The van der Waals surface area contributed by atoms with Crippen molar-refractivity contribution >= 4 is 21.8 Å². The molecule has 1 aromatic rings. The second-order valence-electron chi connectivity index (χ2n) is 4.51. The van der Waals surface area contributed by atoms with Gasteiger partial charge in [-0.2, -0.15) is 5.26 Å². The van der Waals surface area contributed by atoms with Crippen molar-refractivity contribution in [3.63, 3.8) is 0 Å². The molecule has 1 fully saturated rings. The second-order valence-corrected chi connectivity index (χ2v) is 5.37. The smallest absolute Gasteiger partial charge is 0.236 e. The average Bonchev–Trinajstić information content (AvgIpc) is 2.40. The van der Waals surface area contributed by atoms with Gasteiger partial charge in [-0.15, -0.1) is 0 Å². The highest BCUT2D eigenvalue weighted by Crippen LogP contribution is 2.32. The second kappa shape index (κ2) is 6.01. The van der Waals surface area contributed by atoms with Crippen molar-refractivity contribution < 1.29 is 4.79 Å². The van der Waals surface area contributed by atoms with E-state index in [4.69, 9.17) is 5.26 Å². The highest BCUT2D eigenvalue weighted by atomic mass is 79.9. The first-order chi connectivity index (χ1) is 8.72. The number of piperidine rings is 1.